The van der Waals surface area contributed by atoms with Crippen molar-refractivity contribution in [3.05, 3.63) is 47.6 Å². The van der Waals surface area contributed by atoms with E-state index in [0.29, 0.717) is 6.42 Å². The molecule has 1 aromatic carbocycles. The van der Waals surface area contributed by atoms with Crippen LogP contribution in [0.5, 0.6) is 11.5 Å². The molecule has 0 fully saturated rings. The van der Waals surface area contributed by atoms with Gasteiger partial charge in [0.1, 0.15) is 0 Å². The molecule has 0 unspecified atom stereocenters. The predicted octanol–water partition coefficient (Wildman–Crippen LogP) is 2.58. The van der Waals surface area contributed by atoms with E-state index < -0.39 is 0 Å². The van der Waals surface area contributed by atoms with Gasteiger partial charge in [0, 0.05) is 0 Å². The van der Waals surface area contributed by atoms with Gasteiger partial charge in [-0.1, -0.05) is 0 Å². The fourth-order valence-electron chi connectivity index (χ4n) is 3.01. The first-order chi connectivity index (χ1) is 13.0. The standard InChI is InChI=1S/C20H23AsN4O2/c1-13(2)6-5-9-25-17(24-18-19(21)22-12-23-20(18)25)11-14-10-15(26-3)7-8-16(14)27-4/h6-8,10,12H,5,9,11H2,1-4H3. The molecule has 0 saturated heterocycles. The fourth-order valence-corrected chi connectivity index (χ4v) is 3.44. The second-order valence-corrected chi connectivity index (χ2v) is 7.36. The molecule has 0 amide bonds. The molecule has 2 heterocycles. The van der Waals surface area contributed by atoms with Crippen molar-refractivity contribution in [2.45, 2.75) is 33.2 Å². The molecular formula is C20H23AsN4O2. The van der Waals surface area contributed by atoms with Gasteiger partial charge in [-0.2, -0.15) is 0 Å². The molecule has 140 valence electrons. The van der Waals surface area contributed by atoms with Crippen LogP contribution in [0.15, 0.2) is 36.2 Å². The first-order valence-electron chi connectivity index (χ1n) is 8.76. The van der Waals surface area contributed by atoms with Crippen molar-refractivity contribution in [2.75, 3.05) is 14.2 Å². The van der Waals surface area contributed by atoms with E-state index in [1.165, 1.54) is 5.57 Å². The van der Waals surface area contributed by atoms with Gasteiger partial charge in [-0.15, -0.1) is 0 Å². The second kappa shape index (κ2) is 8.57. The zero-order valence-electron chi connectivity index (χ0n) is 16.1. The molecule has 2 radical (unpaired) electrons. The fraction of sp³-hybridized carbons (Fsp3) is 0.350. The Kier molecular flexibility index (Phi) is 6.17. The van der Waals surface area contributed by atoms with Crippen LogP contribution in [0.3, 0.4) is 0 Å². The maximum absolute atomic E-state index is 5.53. The number of hydrogen-bond donors (Lipinski definition) is 0. The number of aromatic nitrogens is 4. The van der Waals surface area contributed by atoms with Gasteiger partial charge in [-0.05, 0) is 0 Å². The van der Waals surface area contributed by atoms with Gasteiger partial charge in [0.2, 0.25) is 0 Å². The molecule has 0 bridgehead atoms. The van der Waals surface area contributed by atoms with Crippen LogP contribution in [0.1, 0.15) is 31.7 Å². The Morgan fingerprint density at radius 3 is 2.70 bits per heavy atom. The molecule has 2 aromatic heterocycles. The Hall–Kier alpha value is -2.33. The maximum atomic E-state index is 5.53. The number of allylic oxidation sites excluding steroid dienone is 2. The summed E-state index contributed by atoms with van der Waals surface area (Å²) in [6.07, 6.45) is 5.36. The van der Waals surface area contributed by atoms with Gasteiger partial charge in [-0.25, -0.2) is 0 Å². The summed E-state index contributed by atoms with van der Waals surface area (Å²) in [5.74, 6) is 2.55. The molecule has 27 heavy (non-hydrogen) atoms. The van der Waals surface area contributed by atoms with Gasteiger partial charge in [-0.3, -0.25) is 0 Å². The zero-order valence-corrected chi connectivity index (χ0v) is 17.9. The van der Waals surface area contributed by atoms with Crippen molar-refractivity contribution < 1.29 is 9.47 Å². The second-order valence-electron chi connectivity index (χ2n) is 6.47. The van der Waals surface area contributed by atoms with Crippen LogP contribution >= 0.6 is 0 Å². The summed E-state index contributed by atoms with van der Waals surface area (Å²) in [5, 5.41) is 0. The summed E-state index contributed by atoms with van der Waals surface area (Å²) in [4.78, 5) is 13.6. The summed E-state index contributed by atoms with van der Waals surface area (Å²) in [6, 6.07) is 5.81. The van der Waals surface area contributed by atoms with Crippen LogP contribution < -0.4 is 14.0 Å². The van der Waals surface area contributed by atoms with Crippen molar-refractivity contribution in [2.24, 2.45) is 0 Å². The Morgan fingerprint density at radius 1 is 1.19 bits per heavy atom. The number of aryl methyl sites for hydroxylation is 1. The number of benzene rings is 1. The van der Waals surface area contributed by atoms with Gasteiger partial charge in [0.05, 0.1) is 0 Å². The number of rotatable bonds is 7. The quantitative estimate of drug-likeness (QED) is 0.429. The van der Waals surface area contributed by atoms with Crippen molar-refractivity contribution in [1.82, 2.24) is 19.5 Å². The average molecular weight is 426 g/mol. The third-order valence-corrected chi connectivity index (χ3v) is 5.02. The molecule has 7 heteroatoms. The molecule has 0 saturated carbocycles. The molecule has 0 aliphatic carbocycles. The first-order valence-corrected chi connectivity index (χ1v) is 9.70. The van der Waals surface area contributed by atoms with Crippen LogP contribution in [0, 0.1) is 0 Å². The SMILES string of the molecule is COc1ccc(OC)c(Cc2nc3c([As])ncnc3n2CCC=C(C)C)c1. The van der Waals surface area contributed by atoms with E-state index in [4.69, 9.17) is 14.5 Å². The van der Waals surface area contributed by atoms with Crippen molar-refractivity contribution in [1.29, 1.82) is 0 Å². The van der Waals surface area contributed by atoms with Crippen LogP contribution in [0.4, 0.5) is 0 Å². The monoisotopic (exact) mass is 426 g/mol. The number of imidazole rings is 1. The molecule has 3 aromatic rings. The van der Waals surface area contributed by atoms with Gasteiger partial charge in [0.25, 0.3) is 0 Å². The van der Waals surface area contributed by atoms with Crippen LogP contribution in [0.25, 0.3) is 11.2 Å². The molecule has 0 aliphatic heterocycles. The summed E-state index contributed by atoms with van der Waals surface area (Å²) < 4.78 is 13.9. The summed E-state index contributed by atoms with van der Waals surface area (Å²) >= 11 is 2.47. The summed E-state index contributed by atoms with van der Waals surface area (Å²) in [5.41, 5.74) is 4.01. The molecular weight excluding hydrogens is 403 g/mol. The first kappa shape index (κ1) is 19.4. The normalized spacial score (nSPS) is 10.9. The van der Waals surface area contributed by atoms with E-state index in [1.54, 1.807) is 20.5 Å². The molecule has 6 nitrogen and oxygen atoms in total. The Morgan fingerprint density at radius 2 is 2.00 bits per heavy atom. The number of hydrogen-bond acceptors (Lipinski definition) is 5. The average Bonchev–Trinajstić information content (AvgIpc) is 3.00. The van der Waals surface area contributed by atoms with Crippen LogP contribution in [-0.4, -0.2) is 50.6 Å². The molecule has 3 rings (SSSR count). The van der Waals surface area contributed by atoms with Crippen molar-refractivity contribution in [3.63, 3.8) is 0 Å². The number of fused-ring (bicyclic) bond motifs is 1. The molecule has 0 N–H and O–H groups in total. The van der Waals surface area contributed by atoms with E-state index in [9.17, 15) is 0 Å². The van der Waals surface area contributed by atoms with Crippen molar-refractivity contribution >= 4 is 32.5 Å². The van der Waals surface area contributed by atoms with E-state index in [-0.39, 0.29) is 0 Å². The number of methoxy groups -OCH3 is 2. The summed E-state index contributed by atoms with van der Waals surface area (Å²) in [6.45, 7) is 5.03. The molecule has 0 atom stereocenters. The van der Waals surface area contributed by atoms with Crippen molar-refractivity contribution in [3.8, 4) is 11.5 Å². The van der Waals surface area contributed by atoms with E-state index in [0.717, 1.165) is 51.5 Å². The summed E-state index contributed by atoms with van der Waals surface area (Å²) in [7, 11) is 3.34. The third-order valence-electron chi connectivity index (χ3n) is 4.33. The Bertz CT molecular complexity index is 978. The van der Waals surface area contributed by atoms with E-state index in [2.05, 4.69) is 51.3 Å². The number of nitrogens with zero attached hydrogens (tertiary/aromatic N) is 4. The zero-order chi connectivity index (χ0) is 19.4. The third kappa shape index (κ3) is 4.33. The van der Waals surface area contributed by atoms with E-state index in [1.807, 2.05) is 18.2 Å². The van der Waals surface area contributed by atoms with Crippen LogP contribution in [0.2, 0.25) is 0 Å². The van der Waals surface area contributed by atoms with Gasteiger partial charge >= 0.3 is 168 Å². The molecule has 0 aliphatic rings. The van der Waals surface area contributed by atoms with E-state index >= 15 is 0 Å². The number of ether oxygens (including phenoxy) is 2. The van der Waals surface area contributed by atoms with Gasteiger partial charge < -0.3 is 0 Å². The topological polar surface area (TPSA) is 62.1 Å². The minimum absolute atomic E-state index is 0.623. The Labute approximate surface area is 168 Å². The minimum atomic E-state index is 0.623. The van der Waals surface area contributed by atoms with Gasteiger partial charge in [0.15, 0.2) is 0 Å². The Balaban J connectivity index is 2.05. The molecule has 0 spiro atoms. The predicted molar refractivity (Wildman–Crippen MR) is 107 cm³/mol. The van der Waals surface area contributed by atoms with Crippen LogP contribution in [-0.2, 0) is 13.0 Å².